The minimum absolute atomic E-state index is 0.120. The first kappa shape index (κ1) is 15.1. The van der Waals surface area contributed by atoms with Crippen LogP contribution in [0.25, 0.3) is 11.3 Å². The van der Waals surface area contributed by atoms with Crippen molar-refractivity contribution in [1.29, 1.82) is 0 Å². The fourth-order valence-electron chi connectivity index (χ4n) is 2.81. The Morgan fingerprint density at radius 2 is 1.96 bits per heavy atom. The summed E-state index contributed by atoms with van der Waals surface area (Å²) in [6, 6.07) is 16.4. The van der Waals surface area contributed by atoms with Gasteiger partial charge >= 0.3 is 0 Å². The van der Waals surface area contributed by atoms with Crippen molar-refractivity contribution in [3.05, 3.63) is 71.4 Å². The fourth-order valence-corrected chi connectivity index (χ4v) is 2.81. The second-order valence-corrected chi connectivity index (χ2v) is 5.77. The Kier molecular flexibility index (Phi) is 3.78. The van der Waals surface area contributed by atoms with Crippen molar-refractivity contribution in [2.75, 3.05) is 11.9 Å². The first-order valence-corrected chi connectivity index (χ1v) is 7.95. The molecule has 0 atom stereocenters. The Morgan fingerprint density at radius 1 is 1.12 bits per heavy atom. The van der Waals surface area contributed by atoms with E-state index in [4.69, 9.17) is 4.52 Å². The monoisotopic (exact) mass is 333 g/mol. The average Bonchev–Trinajstić information content (AvgIpc) is 3.13. The van der Waals surface area contributed by atoms with Gasteiger partial charge in [-0.1, -0.05) is 41.6 Å². The van der Waals surface area contributed by atoms with E-state index in [2.05, 4.69) is 15.8 Å². The van der Waals surface area contributed by atoms with E-state index in [1.54, 1.807) is 18.2 Å². The average molecular weight is 333 g/mol. The van der Waals surface area contributed by atoms with E-state index in [1.807, 2.05) is 36.4 Å². The zero-order valence-corrected chi connectivity index (χ0v) is 13.3. The molecule has 3 aromatic rings. The van der Waals surface area contributed by atoms with Crippen LogP contribution in [0.1, 0.15) is 26.4 Å². The highest BCUT2D eigenvalue weighted by atomic mass is 16.5. The van der Waals surface area contributed by atoms with Crippen LogP contribution < -0.4 is 10.6 Å². The van der Waals surface area contributed by atoms with Crippen molar-refractivity contribution < 1.29 is 14.1 Å². The standard InChI is InChI=1S/C19H15N3O3/c23-18-15-10-14(7-6-12(15)8-9-20-18)21-19(24)16-11-17(25-22-16)13-4-2-1-3-5-13/h1-7,10-11H,8-9H2,(H,20,23)(H,21,24). The molecule has 0 bridgehead atoms. The normalized spacial score (nSPS) is 13.0. The molecule has 2 amide bonds. The maximum absolute atomic E-state index is 12.4. The zero-order chi connectivity index (χ0) is 17.2. The van der Waals surface area contributed by atoms with Crippen molar-refractivity contribution >= 4 is 17.5 Å². The van der Waals surface area contributed by atoms with Gasteiger partial charge in [0.05, 0.1) is 0 Å². The number of aromatic nitrogens is 1. The van der Waals surface area contributed by atoms with Crippen molar-refractivity contribution in [3.8, 4) is 11.3 Å². The van der Waals surface area contributed by atoms with Crippen molar-refractivity contribution in [2.24, 2.45) is 0 Å². The molecule has 2 N–H and O–H groups in total. The largest absolute Gasteiger partial charge is 0.355 e. The maximum Gasteiger partial charge on any atom is 0.277 e. The van der Waals surface area contributed by atoms with Crippen LogP contribution in [0.3, 0.4) is 0 Å². The number of anilines is 1. The molecule has 124 valence electrons. The molecule has 4 rings (SSSR count). The highest BCUT2D eigenvalue weighted by Crippen LogP contribution is 2.22. The summed E-state index contributed by atoms with van der Waals surface area (Å²) in [7, 11) is 0. The number of benzene rings is 2. The first-order chi connectivity index (χ1) is 12.2. The molecule has 0 saturated heterocycles. The van der Waals surface area contributed by atoms with E-state index in [1.165, 1.54) is 0 Å². The van der Waals surface area contributed by atoms with Crippen LogP contribution in [0.2, 0.25) is 0 Å². The van der Waals surface area contributed by atoms with Crippen LogP contribution >= 0.6 is 0 Å². The molecular formula is C19H15N3O3. The van der Waals surface area contributed by atoms with Crippen molar-refractivity contribution in [3.63, 3.8) is 0 Å². The number of nitrogens with zero attached hydrogens (tertiary/aromatic N) is 1. The SMILES string of the molecule is O=C(Nc1ccc2c(c1)C(=O)NCC2)c1cc(-c2ccccc2)on1. The molecular weight excluding hydrogens is 318 g/mol. The number of amides is 2. The third-order valence-electron chi connectivity index (χ3n) is 4.09. The van der Waals surface area contributed by atoms with Gasteiger partial charge in [0, 0.05) is 29.4 Å². The Hall–Kier alpha value is -3.41. The number of hydrogen-bond donors (Lipinski definition) is 2. The van der Waals surface area contributed by atoms with Crippen LogP contribution in [0.4, 0.5) is 5.69 Å². The Bertz CT molecular complexity index is 948. The summed E-state index contributed by atoms with van der Waals surface area (Å²) >= 11 is 0. The van der Waals surface area contributed by atoms with E-state index < -0.39 is 0 Å². The predicted octanol–water partition coefficient (Wildman–Crippen LogP) is 2.88. The summed E-state index contributed by atoms with van der Waals surface area (Å²) in [5.41, 5.74) is 3.15. The van der Waals surface area contributed by atoms with Crippen LogP contribution in [0.15, 0.2) is 59.1 Å². The minimum atomic E-state index is -0.387. The summed E-state index contributed by atoms with van der Waals surface area (Å²) in [5.74, 6) is 0.0165. The lowest BCUT2D eigenvalue weighted by atomic mass is 10.00. The fraction of sp³-hybridized carbons (Fsp3) is 0.105. The van der Waals surface area contributed by atoms with Crippen LogP contribution in [0.5, 0.6) is 0 Å². The molecule has 6 heteroatoms. The molecule has 0 unspecified atom stereocenters. The molecule has 2 heterocycles. The van der Waals surface area contributed by atoms with E-state index >= 15 is 0 Å². The number of fused-ring (bicyclic) bond motifs is 1. The molecule has 6 nitrogen and oxygen atoms in total. The summed E-state index contributed by atoms with van der Waals surface area (Å²) < 4.78 is 5.24. The van der Waals surface area contributed by atoms with Crippen LogP contribution in [0, 0.1) is 0 Å². The molecule has 1 aliphatic heterocycles. The van der Waals surface area contributed by atoms with Crippen LogP contribution in [-0.2, 0) is 6.42 Å². The lowest BCUT2D eigenvalue weighted by Gasteiger charge is -2.17. The number of nitrogens with one attached hydrogen (secondary N) is 2. The van der Waals surface area contributed by atoms with E-state index in [9.17, 15) is 9.59 Å². The summed E-state index contributed by atoms with van der Waals surface area (Å²) in [5, 5.41) is 9.37. The Balaban J connectivity index is 1.54. The number of rotatable bonds is 3. The van der Waals surface area contributed by atoms with Crippen molar-refractivity contribution in [1.82, 2.24) is 10.5 Å². The zero-order valence-electron chi connectivity index (χ0n) is 13.3. The second-order valence-electron chi connectivity index (χ2n) is 5.77. The number of carbonyl (C=O) groups is 2. The topological polar surface area (TPSA) is 84.2 Å². The molecule has 0 saturated carbocycles. The summed E-state index contributed by atoms with van der Waals surface area (Å²) in [4.78, 5) is 24.3. The van der Waals surface area contributed by atoms with Crippen molar-refractivity contribution in [2.45, 2.75) is 6.42 Å². The second kappa shape index (κ2) is 6.24. The van der Waals surface area contributed by atoms with Gasteiger partial charge in [-0.05, 0) is 24.1 Å². The highest BCUT2D eigenvalue weighted by Gasteiger charge is 2.18. The molecule has 0 spiro atoms. The van der Waals surface area contributed by atoms with Gasteiger partial charge in [0.15, 0.2) is 11.5 Å². The molecule has 0 fully saturated rings. The summed E-state index contributed by atoms with van der Waals surface area (Å²) in [6.07, 6.45) is 0.791. The van der Waals surface area contributed by atoms with E-state index in [0.29, 0.717) is 23.6 Å². The van der Waals surface area contributed by atoms with Gasteiger partial charge in [0.2, 0.25) is 0 Å². The van der Waals surface area contributed by atoms with Crippen LogP contribution in [-0.4, -0.2) is 23.5 Å². The van der Waals surface area contributed by atoms with Gasteiger partial charge in [-0.3, -0.25) is 9.59 Å². The molecule has 2 aromatic carbocycles. The summed E-state index contributed by atoms with van der Waals surface area (Å²) in [6.45, 7) is 0.638. The molecule has 0 radical (unpaired) electrons. The van der Waals surface area contributed by atoms with E-state index in [-0.39, 0.29) is 17.5 Å². The number of hydrogen-bond acceptors (Lipinski definition) is 4. The first-order valence-electron chi connectivity index (χ1n) is 7.95. The highest BCUT2D eigenvalue weighted by molar-refractivity contribution is 6.04. The quantitative estimate of drug-likeness (QED) is 0.772. The van der Waals surface area contributed by atoms with Gasteiger partial charge in [-0.15, -0.1) is 0 Å². The van der Waals surface area contributed by atoms with Gasteiger partial charge in [0.25, 0.3) is 11.8 Å². The Labute approximate surface area is 143 Å². The third kappa shape index (κ3) is 3.01. The number of carbonyl (C=O) groups excluding carboxylic acids is 2. The minimum Gasteiger partial charge on any atom is -0.355 e. The molecule has 1 aromatic heterocycles. The predicted molar refractivity (Wildman–Crippen MR) is 92.4 cm³/mol. The lowest BCUT2D eigenvalue weighted by Crippen LogP contribution is -2.31. The molecule has 1 aliphatic rings. The molecule has 25 heavy (non-hydrogen) atoms. The third-order valence-corrected chi connectivity index (χ3v) is 4.09. The van der Waals surface area contributed by atoms with Gasteiger partial charge in [0.1, 0.15) is 0 Å². The smallest absolute Gasteiger partial charge is 0.277 e. The Morgan fingerprint density at radius 3 is 2.80 bits per heavy atom. The van der Waals surface area contributed by atoms with E-state index in [0.717, 1.165) is 17.5 Å². The molecule has 0 aliphatic carbocycles. The van der Waals surface area contributed by atoms with Gasteiger partial charge in [-0.2, -0.15) is 0 Å². The van der Waals surface area contributed by atoms with Gasteiger partial charge < -0.3 is 15.2 Å². The van der Waals surface area contributed by atoms with Gasteiger partial charge in [-0.25, -0.2) is 0 Å². The maximum atomic E-state index is 12.4. The lowest BCUT2D eigenvalue weighted by molar-refractivity contribution is 0.0944.